The van der Waals surface area contributed by atoms with E-state index >= 15 is 0 Å². The molecule has 0 bridgehead atoms. The van der Waals surface area contributed by atoms with Crippen molar-refractivity contribution in [2.24, 2.45) is 0 Å². The van der Waals surface area contributed by atoms with Crippen molar-refractivity contribution in [2.75, 3.05) is 13.1 Å². The molecular weight excluding hydrogens is 252 g/mol. The predicted octanol–water partition coefficient (Wildman–Crippen LogP) is 3.63. The SMILES string of the molecule is c1cc(CN(CCCNC2CCCC2)C2CC2)cs1. The van der Waals surface area contributed by atoms with Gasteiger partial charge in [-0.15, -0.1) is 0 Å². The summed E-state index contributed by atoms with van der Waals surface area (Å²) in [6.45, 7) is 3.63. The summed E-state index contributed by atoms with van der Waals surface area (Å²) < 4.78 is 0. The highest BCUT2D eigenvalue weighted by Gasteiger charge is 2.28. The summed E-state index contributed by atoms with van der Waals surface area (Å²) in [4.78, 5) is 2.69. The maximum atomic E-state index is 3.73. The van der Waals surface area contributed by atoms with Gasteiger partial charge in [0.2, 0.25) is 0 Å². The topological polar surface area (TPSA) is 15.3 Å². The van der Waals surface area contributed by atoms with Crippen LogP contribution in [0.5, 0.6) is 0 Å². The summed E-state index contributed by atoms with van der Waals surface area (Å²) in [5.41, 5.74) is 1.50. The van der Waals surface area contributed by atoms with Gasteiger partial charge in [-0.2, -0.15) is 11.3 Å². The van der Waals surface area contributed by atoms with E-state index < -0.39 is 0 Å². The first-order chi connectivity index (χ1) is 9.42. The lowest BCUT2D eigenvalue weighted by Crippen LogP contribution is -2.32. The van der Waals surface area contributed by atoms with Gasteiger partial charge in [0.1, 0.15) is 0 Å². The predicted molar refractivity (Wildman–Crippen MR) is 82.6 cm³/mol. The Bertz CT molecular complexity index is 353. The first kappa shape index (κ1) is 13.6. The minimum Gasteiger partial charge on any atom is -0.314 e. The van der Waals surface area contributed by atoms with Crippen LogP contribution in [0.15, 0.2) is 16.8 Å². The third-order valence-electron chi connectivity index (χ3n) is 4.44. The molecule has 2 saturated carbocycles. The van der Waals surface area contributed by atoms with Crippen LogP contribution < -0.4 is 5.32 Å². The molecule has 0 unspecified atom stereocenters. The van der Waals surface area contributed by atoms with Crippen molar-refractivity contribution in [2.45, 2.75) is 63.6 Å². The number of nitrogens with one attached hydrogen (secondary N) is 1. The van der Waals surface area contributed by atoms with Crippen molar-refractivity contribution < 1.29 is 0 Å². The maximum absolute atomic E-state index is 3.73. The van der Waals surface area contributed by atoms with Crippen molar-refractivity contribution in [1.29, 1.82) is 0 Å². The zero-order chi connectivity index (χ0) is 12.9. The van der Waals surface area contributed by atoms with E-state index in [-0.39, 0.29) is 0 Å². The molecule has 0 aliphatic heterocycles. The van der Waals surface area contributed by atoms with Crippen LogP contribution in [0.1, 0.15) is 50.5 Å². The van der Waals surface area contributed by atoms with E-state index in [1.807, 2.05) is 11.3 Å². The molecule has 0 saturated heterocycles. The Kier molecular flexibility index (Phi) is 4.91. The molecule has 0 radical (unpaired) electrons. The van der Waals surface area contributed by atoms with Gasteiger partial charge in [0.05, 0.1) is 0 Å². The van der Waals surface area contributed by atoms with Gasteiger partial charge in [0.15, 0.2) is 0 Å². The summed E-state index contributed by atoms with van der Waals surface area (Å²) in [6.07, 6.45) is 9.81. The largest absolute Gasteiger partial charge is 0.314 e. The van der Waals surface area contributed by atoms with Crippen LogP contribution in [0.25, 0.3) is 0 Å². The Morgan fingerprint density at radius 2 is 2.05 bits per heavy atom. The van der Waals surface area contributed by atoms with Crippen molar-refractivity contribution in [1.82, 2.24) is 10.2 Å². The fourth-order valence-corrected chi connectivity index (χ4v) is 3.83. The molecule has 19 heavy (non-hydrogen) atoms. The average Bonchev–Trinajstić information content (AvgIpc) is 2.92. The van der Waals surface area contributed by atoms with E-state index in [0.717, 1.165) is 18.6 Å². The molecule has 2 aliphatic rings. The van der Waals surface area contributed by atoms with E-state index in [0.29, 0.717) is 0 Å². The van der Waals surface area contributed by atoms with Gasteiger partial charge in [-0.05, 0) is 67.6 Å². The lowest BCUT2D eigenvalue weighted by molar-refractivity contribution is 0.249. The summed E-state index contributed by atoms with van der Waals surface area (Å²) in [7, 11) is 0. The zero-order valence-electron chi connectivity index (χ0n) is 11.8. The highest BCUT2D eigenvalue weighted by molar-refractivity contribution is 7.07. The fraction of sp³-hybridized carbons (Fsp3) is 0.750. The molecule has 0 amide bonds. The van der Waals surface area contributed by atoms with E-state index in [9.17, 15) is 0 Å². The van der Waals surface area contributed by atoms with Crippen LogP contribution in [0.4, 0.5) is 0 Å². The van der Waals surface area contributed by atoms with E-state index in [1.54, 1.807) is 0 Å². The summed E-state index contributed by atoms with van der Waals surface area (Å²) >= 11 is 1.82. The van der Waals surface area contributed by atoms with Gasteiger partial charge in [-0.3, -0.25) is 4.90 Å². The first-order valence-electron chi connectivity index (χ1n) is 7.90. The quantitative estimate of drug-likeness (QED) is 0.730. The fourth-order valence-electron chi connectivity index (χ4n) is 3.17. The summed E-state index contributed by atoms with van der Waals surface area (Å²) in [5.74, 6) is 0. The van der Waals surface area contributed by atoms with Crippen molar-refractivity contribution in [3.05, 3.63) is 22.4 Å². The van der Waals surface area contributed by atoms with Crippen LogP contribution in [-0.4, -0.2) is 30.1 Å². The second-order valence-electron chi connectivity index (χ2n) is 6.12. The van der Waals surface area contributed by atoms with Gasteiger partial charge in [0, 0.05) is 18.6 Å². The smallest absolute Gasteiger partial charge is 0.0244 e. The number of hydrogen-bond donors (Lipinski definition) is 1. The Hall–Kier alpha value is -0.380. The average molecular weight is 278 g/mol. The van der Waals surface area contributed by atoms with Crippen LogP contribution >= 0.6 is 11.3 Å². The lowest BCUT2D eigenvalue weighted by Gasteiger charge is -2.22. The minimum atomic E-state index is 0.825. The third-order valence-corrected chi connectivity index (χ3v) is 5.17. The van der Waals surface area contributed by atoms with Crippen molar-refractivity contribution in [3.63, 3.8) is 0 Å². The molecule has 0 aromatic carbocycles. The Morgan fingerprint density at radius 3 is 2.74 bits per heavy atom. The van der Waals surface area contributed by atoms with Gasteiger partial charge >= 0.3 is 0 Å². The zero-order valence-corrected chi connectivity index (χ0v) is 12.6. The molecule has 1 aromatic heterocycles. The highest BCUT2D eigenvalue weighted by atomic mass is 32.1. The van der Waals surface area contributed by atoms with Gasteiger partial charge < -0.3 is 5.32 Å². The molecule has 2 aliphatic carbocycles. The number of rotatable bonds is 8. The summed E-state index contributed by atoms with van der Waals surface area (Å²) in [6, 6.07) is 3.98. The van der Waals surface area contributed by atoms with Gasteiger partial charge in [-0.25, -0.2) is 0 Å². The van der Waals surface area contributed by atoms with Gasteiger partial charge in [-0.1, -0.05) is 12.8 Å². The Morgan fingerprint density at radius 1 is 1.21 bits per heavy atom. The normalized spacial score (nSPS) is 20.5. The lowest BCUT2D eigenvalue weighted by atomic mass is 10.2. The molecule has 0 atom stereocenters. The molecular formula is C16H26N2S. The molecule has 1 aromatic rings. The molecule has 1 heterocycles. The third kappa shape index (κ3) is 4.30. The Balaban J connectivity index is 1.36. The van der Waals surface area contributed by atoms with Crippen molar-refractivity contribution in [3.8, 4) is 0 Å². The molecule has 0 spiro atoms. The van der Waals surface area contributed by atoms with Crippen molar-refractivity contribution >= 4 is 11.3 Å². The second-order valence-corrected chi connectivity index (χ2v) is 6.90. The molecule has 3 rings (SSSR count). The summed E-state index contributed by atoms with van der Waals surface area (Å²) in [5, 5.41) is 8.22. The van der Waals surface area contributed by atoms with Crippen LogP contribution in [0.2, 0.25) is 0 Å². The molecule has 2 fully saturated rings. The van der Waals surface area contributed by atoms with E-state index in [2.05, 4.69) is 27.0 Å². The number of thiophene rings is 1. The first-order valence-corrected chi connectivity index (χ1v) is 8.84. The van der Waals surface area contributed by atoms with Gasteiger partial charge in [0.25, 0.3) is 0 Å². The van der Waals surface area contributed by atoms with Crippen LogP contribution in [0.3, 0.4) is 0 Å². The standard InChI is InChI=1S/C16H26N2S/c1-2-5-15(4-1)17-9-3-10-18(16-6-7-16)12-14-8-11-19-13-14/h8,11,13,15-17H,1-7,9-10,12H2. The Labute approximate surface area is 121 Å². The maximum Gasteiger partial charge on any atom is 0.0244 e. The van der Waals surface area contributed by atoms with E-state index in [4.69, 9.17) is 0 Å². The molecule has 3 heteroatoms. The number of nitrogens with zero attached hydrogens (tertiary/aromatic N) is 1. The molecule has 2 nitrogen and oxygen atoms in total. The molecule has 106 valence electrons. The highest BCUT2D eigenvalue weighted by Crippen LogP contribution is 2.28. The number of hydrogen-bond acceptors (Lipinski definition) is 3. The van der Waals surface area contributed by atoms with Crippen LogP contribution in [-0.2, 0) is 6.54 Å². The monoisotopic (exact) mass is 278 g/mol. The molecule has 1 N–H and O–H groups in total. The van der Waals surface area contributed by atoms with E-state index in [1.165, 1.54) is 63.6 Å². The minimum absolute atomic E-state index is 0.825. The second kappa shape index (κ2) is 6.87. The van der Waals surface area contributed by atoms with Crippen LogP contribution in [0, 0.1) is 0 Å².